The van der Waals surface area contributed by atoms with E-state index in [1.54, 1.807) is 0 Å². The van der Waals surface area contributed by atoms with Crippen molar-refractivity contribution in [2.45, 2.75) is 13.0 Å². The van der Waals surface area contributed by atoms with Gasteiger partial charge in [0.2, 0.25) is 10.9 Å². The molecule has 0 aliphatic heterocycles. The van der Waals surface area contributed by atoms with E-state index in [9.17, 15) is 14.4 Å². The van der Waals surface area contributed by atoms with Crippen LogP contribution in [0.4, 0.5) is 0 Å². The van der Waals surface area contributed by atoms with E-state index in [1.807, 2.05) is 0 Å². The highest BCUT2D eigenvalue weighted by molar-refractivity contribution is 8.14. The lowest BCUT2D eigenvalue weighted by Gasteiger charge is -2.14. The minimum absolute atomic E-state index is 0.0574. The predicted octanol–water partition coefficient (Wildman–Crippen LogP) is 1.00. The van der Waals surface area contributed by atoms with Gasteiger partial charge in [0.05, 0.1) is 21.3 Å². The van der Waals surface area contributed by atoms with E-state index in [0.717, 1.165) is 11.8 Å². The number of carbonyl (C=O) groups excluding carboxylic acids is 3. The SMILES string of the molecule is COC(=O)[C@@H](N)CSC(=O)c1cc(OC)c(OC(C)=O)c(OC)c1. The predicted molar refractivity (Wildman–Crippen MR) is 87.6 cm³/mol. The van der Waals surface area contributed by atoms with Gasteiger partial charge in [-0.15, -0.1) is 0 Å². The first kappa shape index (κ1) is 19.8. The monoisotopic (exact) mass is 357 g/mol. The summed E-state index contributed by atoms with van der Waals surface area (Å²) in [5, 5.41) is -0.347. The smallest absolute Gasteiger partial charge is 0.323 e. The molecule has 0 aliphatic rings. The molecule has 132 valence electrons. The maximum absolute atomic E-state index is 12.3. The second-order valence-electron chi connectivity index (χ2n) is 4.53. The number of esters is 2. The Kier molecular flexibility index (Phi) is 7.53. The fourth-order valence-corrected chi connectivity index (χ4v) is 2.46. The van der Waals surface area contributed by atoms with Crippen molar-refractivity contribution in [3.8, 4) is 17.2 Å². The Morgan fingerprint density at radius 2 is 1.67 bits per heavy atom. The molecule has 0 radical (unpaired) electrons. The number of nitrogens with two attached hydrogens (primary N) is 1. The van der Waals surface area contributed by atoms with E-state index in [0.29, 0.717) is 0 Å². The van der Waals surface area contributed by atoms with Crippen LogP contribution in [0.15, 0.2) is 12.1 Å². The van der Waals surface area contributed by atoms with Gasteiger partial charge in [-0.05, 0) is 12.1 Å². The third-order valence-electron chi connectivity index (χ3n) is 2.84. The zero-order valence-corrected chi connectivity index (χ0v) is 14.6. The Bertz CT molecular complexity index is 607. The number of thioether (sulfide) groups is 1. The topological polar surface area (TPSA) is 114 Å². The summed E-state index contributed by atoms with van der Waals surface area (Å²) in [5.74, 6) is -0.668. The van der Waals surface area contributed by atoms with Gasteiger partial charge in [-0.2, -0.15) is 0 Å². The molecule has 0 fully saturated rings. The molecule has 2 N–H and O–H groups in total. The number of ether oxygens (including phenoxy) is 4. The summed E-state index contributed by atoms with van der Waals surface area (Å²) in [4.78, 5) is 34.7. The molecule has 0 bridgehead atoms. The molecule has 1 aromatic rings. The van der Waals surface area contributed by atoms with E-state index in [-0.39, 0.29) is 33.7 Å². The van der Waals surface area contributed by atoms with Crippen LogP contribution in [-0.2, 0) is 14.3 Å². The van der Waals surface area contributed by atoms with E-state index >= 15 is 0 Å². The average Bonchev–Trinajstić information content (AvgIpc) is 2.57. The van der Waals surface area contributed by atoms with Crippen molar-refractivity contribution < 1.29 is 33.3 Å². The Hall–Kier alpha value is -2.26. The second-order valence-corrected chi connectivity index (χ2v) is 5.52. The first-order valence-electron chi connectivity index (χ1n) is 6.79. The molecular weight excluding hydrogens is 338 g/mol. The summed E-state index contributed by atoms with van der Waals surface area (Å²) in [7, 11) is 3.96. The largest absolute Gasteiger partial charge is 0.493 e. The highest BCUT2D eigenvalue weighted by Crippen LogP contribution is 2.39. The highest BCUT2D eigenvalue weighted by atomic mass is 32.2. The molecule has 1 atom stereocenters. The van der Waals surface area contributed by atoms with Crippen LogP contribution in [0.3, 0.4) is 0 Å². The lowest BCUT2D eigenvalue weighted by atomic mass is 10.2. The van der Waals surface area contributed by atoms with Crippen molar-refractivity contribution in [1.82, 2.24) is 0 Å². The molecule has 0 spiro atoms. The molecule has 9 heteroatoms. The highest BCUT2D eigenvalue weighted by Gasteiger charge is 2.21. The summed E-state index contributed by atoms with van der Waals surface area (Å²) in [6.45, 7) is 1.24. The molecule has 0 aliphatic carbocycles. The molecular formula is C15H19NO7S. The fraction of sp³-hybridized carbons (Fsp3) is 0.400. The molecule has 0 unspecified atom stereocenters. The third-order valence-corrected chi connectivity index (χ3v) is 3.86. The van der Waals surface area contributed by atoms with E-state index in [1.165, 1.54) is 40.4 Å². The van der Waals surface area contributed by atoms with E-state index in [2.05, 4.69) is 4.74 Å². The normalized spacial score (nSPS) is 11.4. The number of methoxy groups -OCH3 is 3. The van der Waals surface area contributed by atoms with E-state index < -0.39 is 18.0 Å². The van der Waals surface area contributed by atoms with Crippen molar-refractivity contribution in [2.24, 2.45) is 5.73 Å². The van der Waals surface area contributed by atoms with Crippen molar-refractivity contribution in [3.05, 3.63) is 17.7 Å². The summed E-state index contributed by atoms with van der Waals surface area (Å²) in [5.41, 5.74) is 5.84. The summed E-state index contributed by atoms with van der Waals surface area (Å²) < 4.78 is 19.8. The van der Waals surface area contributed by atoms with Gasteiger partial charge >= 0.3 is 11.9 Å². The van der Waals surface area contributed by atoms with Gasteiger partial charge < -0.3 is 24.7 Å². The number of carbonyl (C=O) groups is 3. The van der Waals surface area contributed by atoms with Gasteiger partial charge in [0.1, 0.15) is 6.04 Å². The molecule has 0 amide bonds. The molecule has 0 aromatic heterocycles. The summed E-state index contributed by atoms with van der Waals surface area (Å²) in [6.07, 6.45) is 0. The lowest BCUT2D eigenvalue weighted by molar-refractivity contribution is -0.141. The molecule has 0 saturated heterocycles. The van der Waals surface area contributed by atoms with Crippen LogP contribution in [-0.4, -0.2) is 50.2 Å². The van der Waals surface area contributed by atoms with Gasteiger partial charge in [-0.3, -0.25) is 14.4 Å². The van der Waals surface area contributed by atoms with Crippen LogP contribution in [0.5, 0.6) is 17.2 Å². The van der Waals surface area contributed by atoms with Gasteiger partial charge in [-0.25, -0.2) is 0 Å². The number of benzene rings is 1. The van der Waals surface area contributed by atoms with Gasteiger partial charge in [0, 0.05) is 18.2 Å². The van der Waals surface area contributed by atoms with Gasteiger partial charge in [0.15, 0.2) is 11.5 Å². The number of rotatable bonds is 7. The van der Waals surface area contributed by atoms with Gasteiger partial charge in [-0.1, -0.05) is 11.8 Å². The maximum atomic E-state index is 12.3. The molecule has 1 rings (SSSR count). The van der Waals surface area contributed by atoms with Crippen LogP contribution >= 0.6 is 11.8 Å². The van der Waals surface area contributed by atoms with E-state index in [4.69, 9.17) is 19.9 Å². The maximum Gasteiger partial charge on any atom is 0.323 e. The molecule has 0 heterocycles. The Labute approximate surface area is 143 Å². The molecule has 24 heavy (non-hydrogen) atoms. The van der Waals surface area contributed by atoms with Crippen LogP contribution in [0.25, 0.3) is 0 Å². The third kappa shape index (κ3) is 5.14. The van der Waals surface area contributed by atoms with Crippen LogP contribution < -0.4 is 19.9 Å². The quantitative estimate of drug-likeness (QED) is 0.564. The average molecular weight is 357 g/mol. The molecule has 1 aromatic carbocycles. The molecule has 0 saturated carbocycles. The fourth-order valence-electron chi connectivity index (χ4n) is 1.71. The molecule has 8 nitrogen and oxygen atoms in total. The lowest BCUT2D eigenvalue weighted by Crippen LogP contribution is -2.34. The Morgan fingerprint density at radius 3 is 2.08 bits per heavy atom. The second kappa shape index (κ2) is 9.14. The zero-order valence-electron chi connectivity index (χ0n) is 13.8. The summed E-state index contributed by atoms with van der Waals surface area (Å²) >= 11 is 0.856. The van der Waals surface area contributed by atoms with Crippen molar-refractivity contribution in [1.29, 1.82) is 0 Å². The Balaban J connectivity index is 3.01. The number of hydrogen-bond donors (Lipinski definition) is 1. The van der Waals surface area contributed by atoms with Crippen LogP contribution in [0, 0.1) is 0 Å². The van der Waals surface area contributed by atoms with Crippen molar-refractivity contribution in [2.75, 3.05) is 27.1 Å². The van der Waals surface area contributed by atoms with Crippen LogP contribution in [0.2, 0.25) is 0 Å². The van der Waals surface area contributed by atoms with Crippen molar-refractivity contribution >= 4 is 28.8 Å². The van der Waals surface area contributed by atoms with Crippen LogP contribution in [0.1, 0.15) is 17.3 Å². The first-order valence-corrected chi connectivity index (χ1v) is 7.77. The Morgan fingerprint density at radius 1 is 1.12 bits per heavy atom. The number of hydrogen-bond acceptors (Lipinski definition) is 9. The minimum Gasteiger partial charge on any atom is -0.493 e. The minimum atomic E-state index is -0.909. The van der Waals surface area contributed by atoms with Gasteiger partial charge in [0.25, 0.3) is 0 Å². The zero-order chi connectivity index (χ0) is 18.3. The summed E-state index contributed by atoms with van der Waals surface area (Å²) in [6, 6.07) is 1.92. The first-order chi connectivity index (χ1) is 11.3. The van der Waals surface area contributed by atoms with Crippen molar-refractivity contribution in [3.63, 3.8) is 0 Å². The standard InChI is InChI=1S/C15H19NO7S/c1-8(17)23-13-11(20-2)5-9(6-12(13)21-3)15(19)24-7-10(16)14(18)22-4/h5-6,10H,7,16H2,1-4H3/t10-/m0/s1.